The van der Waals surface area contributed by atoms with Crippen molar-refractivity contribution < 1.29 is 17.9 Å². The minimum absolute atomic E-state index is 0.132. The molecule has 3 aromatic rings. The minimum atomic E-state index is -3.58. The molecule has 31 heavy (non-hydrogen) atoms. The Bertz CT molecular complexity index is 1090. The van der Waals surface area contributed by atoms with E-state index in [1.807, 2.05) is 47.8 Å². The van der Waals surface area contributed by atoms with Gasteiger partial charge in [0.25, 0.3) is 5.91 Å². The van der Waals surface area contributed by atoms with Gasteiger partial charge in [-0.1, -0.05) is 36.4 Å². The molecule has 0 aliphatic carbocycles. The maximum atomic E-state index is 13.3. The molecule has 0 unspecified atom stereocenters. The molecule has 1 fully saturated rings. The summed E-state index contributed by atoms with van der Waals surface area (Å²) in [7, 11) is -3.58. The molecule has 1 aliphatic heterocycles. The number of rotatable bonds is 7. The molecule has 1 saturated heterocycles. The highest BCUT2D eigenvalue weighted by Gasteiger charge is 2.26. The quantitative estimate of drug-likeness (QED) is 0.545. The number of sulfonamides is 1. The van der Waals surface area contributed by atoms with E-state index in [-0.39, 0.29) is 10.8 Å². The van der Waals surface area contributed by atoms with E-state index < -0.39 is 10.0 Å². The second-order valence-corrected chi connectivity index (χ2v) is 10.2. The number of thiophene rings is 1. The smallest absolute Gasteiger partial charge is 0.254 e. The van der Waals surface area contributed by atoms with E-state index in [0.717, 1.165) is 10.4 Å². The second-order valence-electron chi connectivity index (χ2n) is 7.27. The first kappa shape index (κ1) is 21.7. The van der Waals surface area contributed by atoms with Crippen LogP contribution < -0.4 is 0 Å². The maximum Gasteiger partial charge on any atom is 0.254 e. The van der Waals surface area contributed by atoms with Crippen molar-refractivity contribution in [2.24, 2.45) is 0 Å². The summed E-state index contributed by atoms with van der Waals surface area (Å²) < 4.78 is 32.3. The van der Waals surface area contributed by atoms with Crippen LogP contribution in [0.1, 0.15) is 20.8 Å². The van der Waals surface area contributed by atoms with Gasteiger partial charge in [-0.15, -0.1) is 11.3 Å². The number of benzene rings is 2. The van der Waals surface area contributed by atoms with Crippen molar-refractivity contribution in [2.45, 2.75) is 18.0 Å². The monoisotopic (exact) mass is 456 g/mol. The fourth-order valence-electron chi connectivity index (χ4n) is 3.48. The molecule has 8 heteroatoms. The van der Waals surface area contributed by atoms with Gasteiger partial charge in [0.15, 0.2) is 0 Å². The molecule has 0 radical (unpaired) electrons. The summed E-state index contributed by atoms with van der Waals surface area (Å²) in [6.07, 6.45) is 0. The third kappa shape index (κ3) is 5.22. The SMILES string of the molecule is O=C(c1ccc(S(=O)(=O)N2CCOCC2)cc1)N(Cc1ccccc1)Cc1cccs1. The molecule has 0 bridgehead atoms. The maximum absolute atomic E-state index is 13.3. The third-order valence-corrected chi connectivity index (χ3v) is 7.91. The Morgan fingerprint density at radius 1 is 0.935 bits per heavy atom. The summed E-state index contributed by atoms with van der Waals surface area (Å²) >= 11 is 1.61. The fourth-order valence-corrected chi connectivity index (χ4v) is 5.61. The molecular formula is C23H24N2O4S2. The normalized spacial score (nSPS) is 15.0. The standard InChI is InChI=1S/C23H24N2O4S2/c26-23(24(18-21-7-4-16-30-21)17-19-5-2-1-3-6-19)20-8-10-22(11-9-20)31(27,28)25-12-14-29-15-13-25/h1-11,16H,12-15,17-18H2. The van der Waals surface area contributed by atoms with Crippen LogP contribution in [0.25, 0.3) is 0 Å². The lowest BCUT2D eigenvalue weighted by Crippen LogP contribution is -2.40. The summed E-state index contributed by atoms with van der Waals surface area (Å²) in [5.41, 5.74) is 1.51. The molecule has 0 saturated carbocycles. The predicted molar refractivity (Wildman–Crippen MR) is 120 cm³/mol. The fraction of sp³-hybridized carbons (Fsp3) is 0.261. The first-order valence-corrected chi connectivity index (χ1v) is 12.4. The first-order chi connectivity index (χ1) is 15.0. The van der Waals surface area contributed by atoms with Gasteiger partial charge in [0.2, 0.25) is 10.0 Å². The van der Waals surface area contributed by atoms with Gasteiger partial charge in [0.1, 0.15) is 0 Å². The molecule has 1 aromatic heterocycles. The zero-order valence-corrected chi connectivity index (χ0v) is 18.6. The number of ether oxygens (including phenoxy) is 1. The Hall–Kier alpha value is -2.52. The highest BCUT2D eigenvalue weighted by Crippen LogP contribution is 2.21. The van der Waals surface area contributed by atoms with Gasteiger partial charge in [-0.05, 0) is 41.3 Å². The van der Waals surface area contributed by atoms with Gasteiger partial charge >= 0.3 is 0 Å². The Morgan fingerprint density at radius 2 is 1.65 bits per heavy atom. The molecule has 162 valence electrons. The zero-order valence-electron chi connectivity index (χ0n) is 17.0. The summed E-state index contributed by atoms with van der Waals surface area (Å²) in [5, 5.41) is 1.99. The van der Waals surface area contributed by atoms with Crippen LogP contribution in [0.4, 0.5) is 0 Å². The van der Waals surface area contributed by atoms with Gasteiger partial charge in [0.05, 0.1) is 24.7 Å². The third-order valence-electron chi connectivity index (χ3n) is 5.14. The highest BCUT2D eigenvalue weighted by molar-refractivity contribution is 7.89. The van der Waals surface area contributed by atoms with Gasteiger partial charge < -0.3 is 9.64 Å². The van der Waals surface area contributed by atoms with Crippen LogP contribution in [0.15, 0.2) is 77.0 Å². The van der Waals surface area contributed by atoms with Crippen LogP contribution in [0.3, 0.4) is 0 Å². The van der Waals surface area contributed by atoms with Crippen molar-refractivity contribution in [1.82, 2.24) is 9.21 Å². The van der Waals surface area contributed by atoms with Gasteiger partial charge in [-0.25, -0.2) is 8.42 Å². The average molecular weight is 457 g/mol. The molecule has 6 nitrogen and oxygen atoms in total. The molecule has 4 rings (SSSR count). The first-order valence-electron chi connectivity index (χ1n) is 10.1. The number of amides is 1. The van der Waals surface area contributed by atoms with Crippen LogP contribution in [0.5, 0.6) is 0 Å². The number of carbonyl (C=O) groups excluding carboxylic acids is 1. The average Bonchev–Trinajstić information content (AvgIpc) is 3.33. The Labute approximate surface area is 186 Å². The molecule has 0 atom stereocenters. The summed E-state index contributed by atoms with van der Waals surface area (Å²) in [6, 6.07) is 20.0. The summed E-state index contributed by atoms with van der Waals surface area (Å²) in [4.78, 5) is 16.4. The lowest BCUT2D eigenvalue weighted by atomic mass is 10.1. The lowest BCUT2D eigenvalue weighted by Gasteiger charge is -2.26. The number of carbonyl (C=O) groups is 1. The number of nitrogens with zero attached hydrogens (tertiary/aromatic N) is 2. The second kappa shape index (κ2) is 9.74. The highest BCUT2D eigenvalue weighted by atomic mass is 32.2. The number of morpholine rings is 1. The van der Waals surface area contributed by atoms with E-state index in [1.54, 1.807) is 28.4 Å². The molecule has 2 heterocycles. The van der Waals surface area contributed by atoms with Gasteiger partial charge in [0, 0.05) is 30.1 Å². The van der Waals surface area contributed by atoms with E-state index >= 15 is 0 Å². The van der Waals surface area contributed by atoms with Crippen molar-refractivity contribution in [3.8, 4) is 0 Å². The number of hydrogen-bond donors (Lipinski definition) is 0. The lowest BCUT2D eigenvalue weighted by molar-refractivity contribution is 0.0730. The van der Waals surface area contributed by atoms with Crippen molar-refractivity contribution >= 4 is 27.3 Å². The van der Waals surface area contributed by atoms with E-state index in [4.69, 9.17) is 4.74 Å². The molecule has 1 amide bonds. The summed E-state index contributed by atoms with van der Waals surface area (Å²) in [6.45, 7) is 2.45. The number of hydrogen-bond acceptors (Lipinski definition) is 5. The van der Waals surface area contributed by atoms with E-state index in [1.165, 1.54) is 16.4 Å². The van der Waals surface area contributed by atoms with Crippen LogP contribution in [-0.4, -0.2) is 49.8 Å². The Morgan fingerprint density at radius 3 is 2.29 bits per heavy atom. The topological polar surface area (TPSA) is 66.9 Å². The van der Waals surface area contributed by atoms with E-state index in [0.29, 0.717) is 45.0 Å². The minimum Gasteiger partial charge on any atom is -0.379 e. The predicted octanol–water partition coefficient (Wildman–Crippen LogP) is 3.61. The molecule has 0 spiro atoms. The van der Waals surface area contributed by atoms with E-state index in [2.05, 4.69) is 0 Å². The Kier molecular flexibility index (Phi) is 6.82. The van der Waals surface area contributed by atoms with Crippen LogP contribution >= 0.6 is 11.3 Å². The van der Waals surface area contributed by atoms with Crippen molar-refractivity contribution in [3.63, 3.8) is 0 Å². The zero-order chi connectivity index (χ0) is 21.7. The van der Waals surface area contributed by atoms with Gasteiger partial charge in [-0.3, -0.25) is 4.79 Å². The molecule has 0 N–H and O–H groups in total. The molecule has 2 aromatic carbocycles. The van der Waals surface area contributed by atoms with Crippen molar-refractivity contribution in [2.75, 3.05) is 26.3 Å². The molecule has 1 aliphatic rings. The molecular weight excluding hydrogens is 432 g/mol. The van der Waals surface area contributed by atoms with Crippen molar-refractivity contribution in [3.05, 3.63) is 88.1 Å². The Balaban J connectivity index is 1.55. The van der Waals surface area contributed by atoms with E-state index in [9.17, 15) is 13.2 Å². The van der Waals surface area contributed by atoms with Crippen LogP contribution in [-0.2, 0) is 27.8 Å². The summed E-state index contributed by atoms with van der Waals surface area (Å²) in [5.74, 6) is -0.132. The van der Waals surface area contributed by atoms with Crippen LogP contribution in [0, 0.1) is 0 Å². The largest absolute Gasteiger partial charge is 0.379 e. The van der Waals surface area contributed by atoms with Crippen LogP contribution in [0.2, 0.25) is 0 Å². The van der Waals surface area contributed by atoms with Gasteiger partial charge in [-0.2, -0.15) is 4.31 Å². The van der Waals surface area contributed by atoms with Crippen molar-refractivity contribution in [1.29, 1.82) is 0 Å².